The summed E-state index contributed by atoms with van der Waals surface area (Å²) in [4.78, 5) is 23.9. The quantitative estimate of drug-likeness (QED) is 0.482. The van der Waals surface area contributed by atoms with Gasteiger partial charge in [0.2, 0.25) is 0 Å². The van der Waals surface area contributed by atoms with Gasteiger partial charge in [0.1, 0.15) is 0 Å². The van der Waals surface area contributed by atoms with Crippen molar-refractivity contribution in [1.82, 2.24) is 14.9 Å². The van der Waals surface area contributed by atoms with E-state index in [1.165, 1.54) is 0 Å². The minimum Gasteiger partial charge on any atom is -0.337 e. The van der Waals surface area contributed by atoms with Crippen molar-refractivity contribution in [3.63, 3.8) is 0 Å². The van der Waals surface area contributed by atoms with Gasteiger partial charge in [0.05, 0.1) is 16.8 Å². The Kier molecular flexibility index (Phi) is 5.04. The molecular formula is C23H18ClN3O. The third kappa shape index (κ3) is 3.73. The van der Waals surface area contributed by atoms with Crippen LogP contribution >= 0.6 is 11.6 Å². The molecule has 0 saturated heterocycles. The van der Waals surface area contributed by atoms with Crippen LogP contribution < -0.4 is 0 Å². The number of hydrogen-bond acceptors (Lipinski definition) is 3. The first-order valence-corrected chi connectivity index (χ1v) is 9.30. The number of fused-ring (bicyclic) bond motifs is 1. The molecule has 0 aliphatic heterocycles. The zero-order valence-electron chi connectivity index (χ0n) is 15.3. The lowest BCUT2D eigenvalue weighted by Crippen LogP contribution is -2.26. The number of halogens is 1. The second-order valence-corrected chi connectivity index (χ2v) is 7.04. The first kappa shape index (κ1) is 18.1. The van der Waals surface area contributed by atoms with Gasteiger partial charge in [0.15, 0.2) is 0 Å². The molecule has 5 heteroatoms. The lowest BCUT2D eigenvalue weighted by Gasteiger charge is -2.19. The molecule has 138 valence electrons. The van der Waals surface area contributed by atoms with Crippen LogP contribution in [-0.4, -0.2) is 27.8 Å². The Bertz CT molecular complexity index is 1130. The number of pyridine rings is 2. The minimum atomic E-state index is -0.0568. The van der Waals surface area contributed by atoms with Gasteiger partial charge in [-0.15, -0.1) is 0 Å². The van der Waals surface area contributed by atoms with Gasteiger partial charge < -0.3 is 4.90 Å². The monoisotopic (exact) mass is 387 g/mol. The van der Waals surface area contributed by atoms with E-state index in [-0.39, 0.29) is 5.91 Å². The number of amides is 1. The first-order valence-electron chi connectivity index (χ1n) is 8.92. The standard InChI is InChI=1S/C23H18ClN3O/c1-27(15-16-8-10-18(24)11-9-16)23(28)20-13-22(17-5-4-12-25-14-17)26-21-7-3-2-6-19(20)21/h2-14H,15H2,1H3. The summed E-state index contributed by atoms with van der Waals surface area (Å²) >= 11 is 5.96. The van der Waals surface area contributed by atoms with Gasteiger partial charge in [-0.3, -0.25) is 9.78 Å². The Hall–Kier alpha value is -3.24. The minimum absolute atomic E-state index is 0.0568. The summed E-state index contributed by atoms with van der Waals surface area (Å²) < 4.78 is 0. The van der Waals surface area contributed by atoms with E-state index in [4.69, 9.17) is 16.6 Å². The van der Waals surface area contributed by atoms with Crippen molar-refractivity contribution in [2.24, 2.45) is 0 Å². The fourth-order valence-corrected chi connectivity index (χ4v) is 3.28. The van der Waals surface area contributed by atoms with Crippen LogP contribution in [0.25, 0.3) is 22.2 Å². The highest BCUT2D eigenvalue weighted by Gasteiger charge is 2.17. The Balaban J connectivity index is 1.73. The number of para-hydroxylation sites is 1. The molecule has 0 saturated carbocycles. The predicted molar refractivity (Wildman–Crippen MR) is 112 cm³/mol. The first-order chi connectivity index (χ1) is 13.6. The maximum atomic E-state index is 13.3. The molecular weight excluding hydrogens is 370 g/mol. The van der Waals surface area contributed by atoms with Crippen LogP contribution in [0.1, 0.15) is 15.9 Å². The zero-order valence-corrected chi connectivity index (χ0v) is 16.1. The molecule has 4 rings (SSSR count). The van der Waals surface area contributed by atoms with Crippen molar-refractivity contribution in [2.75, 3.05) is 7.05 Å². The molecule has 0 atom stereocenters. The van der Waals surface area contributed by atoms with Crippen LogP contribution in [0.3, 0.4) is 0 Å². The molecule has 0 spiro atoms. The van der Waals surface area contributed by atoms with Gasteiger partial charge in [-0.05, 0) is 42.0 Å². The predicted octanol–water partition coefficient (Wildman–Crippen LogP) is 5.22. The molecule has 0 radical (unpaired) electrons. The SMILES string of the molecule is CN(Cc1ccc(Cl)cc1)C(=O)c1cc(-c2cccnc2)nc2ccccc12. The summed E-state index contributed by atoms with van der Waals surface area (Å²) in [6.07, 6.45) is 3.47. The molecule has 2 aromatic carbocycles. The smallest absolute Gasteiger partial charge is 0.254 e. The summed E-state index contributed by atoms with van der Waals surface area (Å²) in [6, 6.07) is 20.9. The number of aromatic nitrogens is 2. The number of nitrogens with zero attached hydrogens (tertiary/aromatic N) is 3. The van der Waals surface area contributed by atoms with Crippen molar-refractivity contribution < 1.29 is 4.79 Å². The second-order valence-electron chi connectivity index (χ2n) is 6.60. The van der Waals surface area contributed by atoms with E-state index in [1.54, 1.807) is 24.3 Å². The molecule has 0 unspecified atom stereocenters. The van der Waals surface area contributed by atoms with Crippen LogP contribution in [0.15, 0.2) is 79.1 Å². The lowest BCUT2D eigenvalue weighted by atomic mass is 10.0. The van der Waals surface area contributed by atoms with E-state index in [0.29, 0.717) is 17.1 Å². The molecule has 4 nitrogen and oxygen atoms in total. The van der Waals surface area contributed by atoms with Crippen LogP contribution in [0.4, 0.5) is 0 Å². The molecule has 4 aromatic rings. The normalized spacial score (nSPS) is 10.8. The highest BCUT2D eigenvalue weighted by atomic mass is 35.5. The van der Waals surface area contributed by atoms with Gasteiger partial charge in [-0.2, -0.15) is 0 Å². The van der Waals surface area contributed by atoms with Crippen molar-refractivity contribution in [3.05, 3.63) is 95.3 Å². The second kappa shape index (κ2) is 7.79. The van der Waals surface area contributed by atoms with Gasteiger partial charge in [-0.25, -0.2) is 4.98 Å². The van der Waals surface area contributed by atoms with Crippen molar-refractivity contribution in [1.29, 1.82) is 0 Å². The van der Waals surface area contributed by atoms with Gasteiger partial charge in [0.25, 0.3) is 5.91 Å². The number of carbonyl (C=O) groups is 1. The van der Waals surface area contributed by atoms with E-state index in [0.717, 1.165) is 27.7 Å². The van der Waals surface area contributed by atoms with Crippen molar-refractivity contribution in [3.8, 4) is 11.3 Å². The number of benzene rings is 2. The third-order valence-corrected chi connectivity index (χ3v) is 4.84. The summed E-state index contributed by atoms with van der Waals surface area (Å²) in [7, 11) is 1.80. The maximum Gasteiger partial charge on any atom is 0.254 e. The lowest BCUT2D eigenvalue weighted by molar-refractivity contribution is 0.0787. The molecule has 0 bridgehead atoms. The number of carbonyl (C=O) groups excluding carboxylic acids is 1. The summed E-state index contributed by atoms with van der Waals surface area (Å²) in [5, 5.41) is 1.52. The highest BCUT2D eigenvalue weighted by Crippen LogP contribution is 2.25. The molecule has 0 aliphatic carbocycles. The van der Waals surface area contributed by atoms with E-state index in [2.05, 4.69) is 4.98 Å². The fourth-order valence-electron chi connectivity index (χ4n) is 3.16. The van der Waals surface area contributed by atoms with E-state index >= 15 is 0 Å². The molecule has 0 fully saturated rings. The van der Waals surface area contributed by atoms with Gasteiger partial charge in [-0.1, -0.05) is 41.9 Å². The van der Waals surface area contributed by atoms with E-state index < -0.39 is 0 Å². The Labute approximate surface area is 168 Å². The summed E-state index contributed by atoms with van der Waals surface area (Å²) in [5.74, 6) is -0.0568. The highest BCUT2D eigenvalue weighted by molar-refractivity contribution is 6.30. The van der Waals surface area contributed by atoms with E-state index in [1.807, 2.05) is 66.7 Å². The van der Waals surface area contributed by atoms with Crippen molar-refractivity contribution >= 4 is 28.4 Å². The Morgan fingerprint density at radius 2 is 1.82 bits per heavy atom. The maximum absolute atomic E-state index is 13.3. The van der Waals surface area contributed by atoms with Gasteiger partial charge in [0, 0.05) is 42.0 Å². The van der Waals surface area contributed by atoms with Crippen molar-refractivity contribution in [2.45, 2.75) is 6.54 Å². The number of hydrogen-bond donors (Lipinski definition) is 0. The Morgan fingerprint density at radius 3 is 2.57 bits per heavy atom. The average molecular weight is 388 g/mol. The largest absolute Gasteiger partial charge is 0.337 e. The van der Waals surface area contributed by atoms with Gasteiger partial charge >= 0.3 is 0 Å². The molecule has 2 heterocycles. The van der Waals surface area contributed by atoms with Crippen LogP contribution in [0.2, 0.25) is 5.02 Å². The average Bonchev–Trinajstić information content (AvgIpc) is 2.74. The number of rotatable bonds is 4. The van der Waals surface area contributed by atoms with Crippen LogP contribution in [0, 0.1) is 0 Å². The third-order valence-electron chi connectivity index (χ3n) is 4.58. The van der Waals surface area contributed by atoms with Crippen LogP contribution in [-0.2, 0) is 6.54 Å². The summed E-state index contributed by atoms with van der Waals surface area (Å²) in [5.41, 5.74) is 4.04. The molecule has 0 N–H and O–H groups in total. The molecule has 28 heavy (non-hydrogen) atoms. The fraction of sp³-hybridized carbons (Fsp3) is 0.0870. The zero-order chi connectivity index (χ0) is 19.5. The molecule has 1 amide bonds. The molecule has 2 aromatic heterocycles. The summed E-state index contributed by atoms with van der Waals surface area (Å²) in [6.45, 7) is 0.495. The molecule has 0 aliphatic rings. The Morgan fingerprint density at radius 1 is 1.04 bits per heavy atom. The topological polar surface area (TPSA) is 46.1 Å². The van der Waals surface area contributed by atoms with Crippen LogP contribution in [0.5, 0.6) is 0 Å². The van der Waals surface area contributed by atoms with E-state index in [9.17, 15) is 4.79 Å².